The summed E-state index contributed by atoms with van der Waals surface area (Å²) in [5.74, 6) is -0.466. The van der Waals surface area contributed by atoms with Gasteiger partial charge in [0, 0.05) is 13.7 Å². The maximum absolute atomic E-state index is 13.0. The topological polar surface area (TPSA) is 124 Å². The van der Waals surface area contributed by atoms with E-state index in [9.17, 15) is 13.2 Å². The predicted molar refractivity (Wildman–Crippen MR) is 115 cm³/mol. The molecule has 4 rings (SSSR count). The van der Waals surface area contributed by atoms with E-state index in [2.05, 4.69) is 15.6 Å². The Hall–Kier alpha value is -1.92. The molecule has 9 nitrogen and oxygen atoms in total. The average Bonchev–Trinajstić information content (AvgIpc) is 3.09. The van der Waals surface area contributed by atoms with Crippen LogP contribution >= 0.6 is 34.5 Å². The Morgan fingerprint density at radius 3 is 2.97 bits per heavy atom. The number of aromatic nitrogens is 1. The van der Waals surface area contributed by atoms with Gasteiger partial charge in [-0.3, -0.25) is 10.2 Å². The zero-order valence-corrected chi connectivity index (χ0v) is 18.8. The third-order valence-corrected chi connectivity index (χ3v) is 9.31. The summed E-state index contributed by atoms with van der Waals surface area (Å²) >= 11 is 13.4. The first-order valence-corrected chi connectivity index (χ1v) is 11.9. The number of sulfonamides is 1. The molecule has 0 saturated carbocycles. The Kier molecular flexibility index (Phi) is 5.43. The van der Waals surface area contributed by atoms with Crippen LogP contribution in [-0.2, 0) is 20.3 Å². The maximum atomic E-state index is 13.0. The van der Waals surface area contributed by atoms with Gasteiger partial charge in [0.25, 0.3) is 5.91 Å². The van der Waals surface area contributed by atoms with Crippen LogP contribution in [-0.4, -0.2) is 55.1 Å². The highest BCUT2D eigenvalue weighted by Crippen LogP contribution is 2.45. The van der Waals surface area contributed by atoms with E-state index in [1.807, 2.05) is 0 Å². The number of guanidine groups is 1. The van der Waals surface area contributed by atoms with Crippen molar-refractivity contribution in [3.05, 3.63) is 44.2 Å². The van der Waals surface area contributed by atoms with Crippen LogP contribution in [0.5, 0.6) is 0 Å². The van der Waals surface area contributed by atoms with Crippen molar-refractivity contribution < 1.29 is 17.9 Å². The summed E-state index contributed by atoms with van der Waals surface area (Å²) in [5.41, 5.74) is -1.25. The fourth-order valence-electron chi connectivity index (χ4n) is 3.60. The number of halogens is 2. The summed E-state index contributed by atoms with van der Waals surface area (Å²) in [4.78, 5) is 17.4. The van der Waals surface area contributed by atoms with E-state index in [1.54, 1.807) is 18.2 Å². The quantitative estimate of drug-likeness (QED) is 0.568. The van der Waals surface area contributed by atoms with Gasteiger partial charge in [0.2, 0.25) is 16.0 Å². The lowest BCUT2D eigenvalue weighted by molar-refractivity contribution is 0.0268. The SMILES string of the molecule is CN1C(=N)N[C@@]2(c3sc(C(=O)Nc4cccc(Cl)n4)cc3Cl)COCCC2S1(=O)=O. The van der Waals surface area contributed by atoms with Gasteiger partial charge in [-0.25, -0.2) is 17.7 Å². The van der Waals surface area contributed by atoms with Gasteiger partial charge >= 0.3 is 0 Å². The van der Waals surface area contributed by atoms with Crippen molar-refractivity contribution in [3.63, 3.8) is 0 Å². The number of fused-ring (bicyclic) bond motifs is 1. The fourth-order valence-corrected chi connectivity index (χ4v) is 7.26. The Morgan fingerprint density at radius 1 is 1.47 bits per heavy atom. The molecule has 1 unspecified atom stereocenters. The van der Waals surface area contributed by atoms with Gasteiger partial charge in [-0.15, -0.1) is 11.3 Å². The number of thiophene rings is 1. The molecule has 1 amide bonds. The minimum atomic E-state index is -3.81. The number of anilines is 1. The molecule has 3 N–H and O–H groups in total. The van der Waals surface area contributed by atoms with Gasteiger partial charge in [0.05, 0.1) is 21.4 Å². The second-order valence-electron chi connectivity index (χ2n) is 6.87. The molecule has 13 heteroatoms. The second kappa shape index (κ2) is 7.65. The summed E-state index contributed by atoms with van der Waals surface area (Å²) in [6.07, 6.45) is 0.231. The van der Waals surface area contributed by atoms with Crippen LogP contribution in [0.3, 0.4) is 0 Å². The Bertz CT molecular complexity index is 1140. The van der Waals surface area contributed by atoms with Crippen molar-refractivity contribution in [2.24, 2.45) is 0 Å². The van der Waals surface area contributed by atoms with E-state index in [1.165, 1.54) is 13.1 Å². The number of rotatable bonds is 3. The molecule has 2 aromatic heterocycles. The van der Waals surface area contributed by atoms with Crippen LogP contribution in [0.1, 0.15) is 21.0 Å². The molecule has 2 aromatic rings. The van der Waals surface area contributed by atoms with Crippen molar-refractivity contribution in [2.45, 2.75) is 17.2 Å². The van der Waals surface area contributed by atoms with Crippen LogP contribution in [0.25, 0.3) is 0 Å². The van der Waals surface area contributed by atoms with Crippen molar-refractivity contribution >= 4 is 62.2 Å². The van der Waals surface area contributed by atoms with Crippen molar-refractivity contribution in [2.75, 3.05) is 25.6 Å². The predicted octanol–water partition coefficient (Wildman–Crippen LogP) is 2.49. The van der Waals surface area contributed by atoms with Crippen LogP contribution in [0, 0.1) is 5.41 Å². The lowest BCUT2D eigenvalue weighted by Gasteiger charge is -2.49. The Morgan fingerprint density at radius 2 is 2.23 bits per heavy atom. The molecule has 2 atom stereocenters. The van der Waals surface area contributed by atoms with Gasteiger partial charge < -0.3 is 15.4 Å². The highest BCUT2D eigenvalue weighted by molar-refractivity contribution is 7.90. The number of carbonyl (C=O) groups is 1. The number of pyridine rings is 1. The average molecular weight is 490 g/mol. The highest BCUT2D eigenvalue weighted by Gasteiger charge is 2.57. The summed E-state index contributed by atoms with van der Waals surface area (Å²) in [6.45, 7) is 0.273. The van der Waals surface area contributed by atoms with Gasteiger partial charge in [-0.1, -0.05) is 29.3 Å². The van der Waals surface area contributed by atoms with Crippen LogP contribution in [0.4, 0.5) is 5.82 Å². The van der Waals surface area contributed by atoms with E-state index >= 15 is 0 Å². The minimum Gasteiger partial charge on any atom is -0.379 e. The van der Waals surface area contributed by atoms with E-state index in [-0.39, 0.29) is 46.5 Å². The van der Waals surface area contributed by atoms with Gasteiger partial charge in [-0.05, 0) is 24.6 Å². The number of hydrogen-bond donors (Lipinski definition) is 3. The van der Waals surface area contributed by atoms with E-state index in [0.29, 0.717) is 4.88 Å². The first-order chi connectivity index (χ1) is 14.1. The summed E-state index contributed by atoms with van der Waals surface area (Å²) in [7, 11) is -2.48. The maximum Gasteiger partial charge on any atom is 0.266 e. The molecule has 2 aliphatic heterocycles. The molecule has 30 heavy (non-hydrogen) atoms. The third-order valence-electron chi connectivity index (χ3n) is 5.07. The lowest BCUT2D eigenvalue weighted by atomic mass is 9.89. The van der Waals surface area contributed by atoms with Crippen LogP contribution in [0.2, 0.25) is 10.2 Å². The minimum absolute atomic E-state index is 0.00422. The highest BCUT2D eigenvalue weighted by atomic mass is 35.5. The number of hydrogen-bond acceptors (Lipinski definition) is 7. The molecule has 0 spiro atoms. The number of carbonyl (C=O) groups excluding carboxylic acids is 1. The zero-order valence-electron chi connectivity index (χ0n) is 15.6. The summed E-state index contributed by atoms with van der Waals surface area (Å²) < 4.78 is 32.5. The Labute approximate surface area is 186 Å². The monoisotopic (exact) mass is 489 g/mol. The smallest absolute Gasteiger partial charge is 0.266 e. The first kappa shape index (κ1) is 21.3. The summed E-state index contributed by atoms with van der Waals surface area (Å²) in [6, 6.07) is 6.30. The van der Waals surface area contributed by atoms with E-state index in [4.69, 9.17) is 33.3 Å². The molecule has 2 saturated heterocycles. The third kappa shape index (κ3) is 3.44. The molecule has 0 aromatic carbocycles. The van der Waals surface area contributed by atoms with E-state index < -0.39 is 26.7 Å². The van der Waals surface area contributed by atoms with Gasteiger partial charge in [-0.2, -0.15) is 0 Å². The molecule has 0 bridgehead atoms. The Balaban J connectivity index is 1.72. The zero-order chi connectivity index (χ0) is 21.7. The first-order valence-electron chi connectivity index (χ1n) is 8.81. The standard InChI is InChI=1S/C17H17Cl2N5O4S2/c1-24-16(20)23-17(8-28-6-5-11(17)30(24,26)27)14-9(18)7-10(29-14)15(25)22-13-4-2-3-12(19)21-13/h2-4,7,11H,5-6,8H2,1H3,(H2,20,23)(H,21,22,25)/t11?,17-/m0/s1. The van der Waals surface area contributed by atoms with Crippen molar-refractivity contribution in [1.82, 2.24) is 14.6 Å². The lowest BCUT2D eigenvalue weighted by Crippen LogP contribution is -2.70. The molecule has 2 aliphatic rings. The van der Waals surface area contributed by atoms with Crippen LogP contribution in [0.15, 0.2) is 24.3 Å². The molecule has 160 valence electrons. The molecular formula is C17H17Cl2N5O4S2. The van der Waals surface area contributed by atoms with Gasteiger partial charge in [0.15, 0.2) is 0 Å². The molecule has 0 radical (unpaired) electrons. The summed E-state index contributed by atoms with van der Waals surface area (Å²) in [5, 5.41) is 13.3. The van der Waals surface area contributed by atoms with Crippen molar-refractivity contribution in [1.29, 1.82) is 5.41 Å². The fraction of sp³-hybridized carbons (Fsp3) is 0.353. The van der Waals surface area contributed by atoms with Crippen LogP contribution < -0.4 is 10.6 Å². The number of amides is 1. The van der Waals surface area contributed by atoms with Gasteiger partial charge in [0.1, 0.15) is 21.8 Å². The molecular weight excluding hydrogens is 473 g/mol. The molecule has 4 heterocycles. The second-order valence-corrected chi connectivity index (χ2v) is 10.9. The molecule has 0 aliphatic carbocycles. The number of nitrogens with zero attached hydrogens (tertiary/aromatic N) is 2. The number of ether oxygens (including phenoxy) is 1. The normalized spacial score (nSPS) is 25.4. The largest absolute Gasteiger partial charge is 0.379 e. The number of nitrogens with one attached hydrogen (secondary N) is 3. The van der Waals surface area contributed by atoms with E-state index in [0.717, 1.165) is 15.6 Å². The molecule has 2 fully saturated rings. The van der Waals surface area contributed by atoms with Crippen molar-refractivity contribution in [3.8, 4) is 0 Å².